The van der Waals surface area contributed by atoms with Crippen molar-refractivity contribution in [2.24, 2.45) is 0 Å². The van der Waals surface area contributed by atoms with Crippen molar-refractivity contribution in [3.63, 3.8) is 0 Å². The van der Waals surface area contributed by atoms with Crippen molar-refractivity contribution in [3.05, 3.63) is 59.1 Å². The quantitative estimate of drug-likeness (QED) is 0.672. The summed E-state index contributed by atoms with van der Waals surface area (Å²) in [5.74, 6) is -0.425. The SMILES string of the molecule is CNC(=O)NC(=O)[C@H](Nc1ccc2nc(C)sc2c1)c1ccccc1. The Hall–Kier alpha value is -2.93. The number of nitrogens with zero attached hydrogens (tertiary/aromatic N) is 1. The number of aromatic nitrogens is 1. The zero-order chi connectivity index (χ0) is 17.8. The summed E-state index contributed by atoms with van der Waals surface area (Å²) < 4.78 is 1.04. The third-order valence-electron chi connectivity index (χ3n) is 3.67. The van der Waals surface area contributed by atoms with Gasteiger partial charge in [-0.05, 0) is 30.7 Å². The fourth-order valence-corrected chi connectivity index (χ4v) is 3.35. The van der Waals surface area contributed by atoms with Gasteiger partial charge in [-0.1, -0.05) is 30.3 Å². The van der Waals surface area contributed by atoms with Crippen molar-refractivity contribution in [1.82, 2.24) is 15.6 Å². The summed E-state index contributed by atoms with van der Waals surface area (Å²) in [4.78, 5) is 28.5. The first-order valence-electron chi connectivity index (χ1n) is 7.78. The van der Waals surface area contributed by atoms with E-state index in [0.717, 1.165) is 26.5 Å². The summed E-state index contributed by atoms with van der Waals surface area (Å²) in [6.45, 7) is 1.96. The van der Waals surface area contributed by atoms with Crippen molar-refractivity contribution in [2.45, 2.75) is 13.0 Å². The van der Waals surface area contributed by atoms with E-state index in [1.165, 1.54) is 7.05 Å². The van der Waals surface area contributed by atoms with Gasteiger partial charge in [0.15, 0.2) is 0 Å². The molecule has 3 amide bonds. The number of imide groups is 1. The molecule has 1 atom stereocenters. The molecule has 0 spiro atoms. The van der Waals surface area contributed by atoms with E-state index in [1.54, 1.807) is 11.3 Å². The Balaban J connectivity index is 1.90. The Morgan fingerprint density at radius 3 is 2.60 bits per heavy atom. The number of carbonyl (C=O) groups is 2. The molecule has 25 heavy (non-hydrogen) atoms. The van der Waals surface area contributed by atoms with Crippen LogP contribution >= 0.6 is 11.3 Å². The third kappa shape index (κ3) is 3.95. The van der Waals surface area contributed by atoms with E-state index in [-0.39, 0.29) is 0 Å². The molecule has 0 saturated heterocycles. The minimum atomic E-state index is -0.690. The highest BCUT2D eigenvalue weighted by Gasteiger charge is 2.22. The van der Waals surface area contributed by atoms with Crippen LogP contribution in [0.4, 0.5) is 10.5 Å². The summed E-state index contributed by atoms with van der Waals surface area (Å²) in [5.41, 5.74) is 2.49. The number of rotatable bonds is 4. The number of aryl methyl sites for hydroxylation is 1. The standard InChI is InChI=1S/C18H18N4O2S/c1-11-20-14-9-8-13(10-15(14)25-11)21-16(12-6-4-3-5-7-12)17(23)22-18(24)19-2/h3-10,16,21H,1-2H3,(H2,19,22,23,24)/t16-/m1/s1. The second-order valence-corrected chi connectivity index (χ2v) is 6.71. The normalized spacial score (nSPS) is 11.8. The maximum absolute atomic E-state index is 12.5. The van der Waals surface area contributed by atoms with Gasteiger partial charge in [-0.2, -0.15) is 0 Å². The fraction of sp³-hybridized carbons (Fsp3) is 0.167. The van der Waals surface area contributed by atoms with E-state index in [9.17, 15) is 9.59 Å². The van der Waals surface area contributed by atoms with Gasteiger partial charge in [-0.15, -0.1) is 11.3 Å². The summed E-state index contributed by atoms with van der Waals surface area (Å²) in [5, 5.41) is 8.92. The topological polar surface area (TPSA) is 83.1 Å². The zero-order valence-electron chi connectivity index (χ0n) is 13.9. The number of carbonyl (C=O) groups excluding carboxylic acids is 2. The molecule has 3 aromatic rings. The Bertz CT molecular complexity index is 908. The van der Waals surface area contributed by atoms with Gasteiger partial charge in [-0.25, -0.2) is 9.78 Å². The second-order valence-electron chi connectivity index (χ2n) is 5.47. The minimum absolute atomic E-state index is 0.425. The van der Waals surface area contributed by atoms with Gasteiger partial charge in [0.25, 0.3) is 5.91 Å². The van der Waals surface area contributed by atoms with Crippen molar-refractivity contribution < 1.29 is 9.59 Å². The lowest BCUT2D eigenvalue weighted by Crippen LogP contribution is -2.42. The van der Waals surface area contributed by atoms with E-state index in [1.807, 2.05) is 55.5 Å². The maximum atomic E-state index is 12.5. The van der Waals surface area contributed by atoms with Gasteiger partial charge in [0.2, 0.25) is 0 Å². The first kappa shape index (κ1) is 16.9. The van der Waals surface area contributed by atoms with Crippen molar-refractivity contribution in [1.29, 1.82) is 0 Å². The molecule has 1 aromatic heterocycles. The number of benzene rings is 2. The maximum Gasteiger partial charge on any atom is 0.321 e. The van der Waals surface area contributed by atoms with Crippen molar-refractivity contribution in [3.8, 4) is 0 Å². The van der Waals surface area contributed by atoms with Gasteiger partial charge < -0.3 is 10.6 Å². The van der Waals surface area contributed by atoms with Crippen LogP contribution < -0.4 is 16.0 Å². The molecule has 0 aliphatic rings. The van der Waals surface area contributed by atoms with Gasteiger partial charge >= 0.3 is 6.03 Å². The lowest BCUT2D eigenvalue weighted by atomic mass is 10.1. The lowest BCUT2D eigenvalue weighted by molar-refractivity contribution is -0.120. The van der Waals surface area contributed by atoms with Crippen LogP contribution in [0.15, 0.2) is 48.5 Å². The number of hydrogen-bond acceptors (Lipinski definition) is 5. The monoisotopic (exact) mass is 354 g/mol. The predicted molar refractivity (Wildman–Crippen MR) is 99.8 cm³/mol. The van der Waals surface area contributed by atoms with E-state index < -0.39 is 18.0 Å². The molecule has 0 aliphatic heterocycles. The molecule has 0 aliphatic carbocycles. The van der Waals surface area contributed by atoms with Crippen LogP contribution in [-0.2, 0) is 4.79 Å². The number of amides is 3. The van der Waals surface area contributed by atoms with Gasteiger partial charge in [0.05, 0.1) is 15.2 Å². The number of anilines is 1. The van der Waals surface area contributed by atoms with E-state index in [0.29, 0.717) is 0 Å². The average molecular weight is 354 g/mol. The van der Waals surface area contributed by atoms with E-state index in [4.69, 9.17) is 0 Å². The lowest BCUT2D eigenvalue weighted by Gasteiger charge is -2.19. The largest absolute Gasteiger partial charge is 0.370 e. The summed E-state index contributed by atoms with van der Waals surface area (Å²) in [6, 6.07) is 13.8. The molecule has 3 N–H and O–H groups in total. The Morgan fingerprint density at radius 2 is 1.88 bits per heavy atom. The van der Waals surface area contributed by atoms with Crippen LogP contribution in [-0.4, -0.2) is 24.0 Å². The summed E-state index contributed by atoms with van der Waals surface area (Å²) in [7, 11) is 1.47. The Labute approximate surface area is 149 Å². The van der Waals surface area contributed by atoms with Crippen LogP contribution in [0, 0.1) is 6.92 Å². The molecule has 0 fully saturated rings. The summed E-state index contributed by atoms with van der Waals surface area (Å²) in [6.07, 6.45) is 0. The molecule has 2 aromatic carbocycles. The third-order valence-corrected chi connectivity index (χ3v) is 4.60. The van der Waals surface area contributed by atoms with Gasteiger partial charge in [-0.3, -0.25) is 10.1 Å². The molecular formula is C18H18N4O2S. The molecule has 128 valence electrons. The predicted octanol–water partition coefficient (Wildman–Crippen LogP) is 3.21. The molecule has 7 heteroatoms. The first-order chi connectivity index (χ1) is 12.1. The van der Waals surface area contributed by atoms with Crippen molar-refractivity contribution in [2.75, 3.05) is 12.4 Å². The average Bonchev–Trinajstić information content (AvgIpc) is 2.99. The Morgan fingerprint density at radius 1 is 1.12 bits per heavy atom. The molecular weight excluding hydrogens is 336 g/mol. The van der Waals surface area contributed by atoms with E-state index >= 15 is 0 Å². The molecule has 0 radical (unpaired) electrons. The summed E-state index contributed by atoms with van der Waals surface area (Å²) >= 11 is 1.60. The smallest absolute Gasteiger partial charge is 0.321 e. The zero-order valence-corrected chi connectivity index (χ0v) is 14.7. The first-order valence-corrected chi connectivity index (χ1v) is 8.59. The highest BCUT2D eigenvalue weighted by atomic mass is 32.1. The highest BCUT2D eigenvalue weighted by Crippen LogP contribution is 2.27. The minimum Gasteiger partial charge on any atom is -0.370 e. The number of thiazole rings is 1. The molecule has 3 rings (SSSR count). The highest BCUT2D eigenvalue weighted by molar-refractivity contribution is 7.18. The van der Waals surface area contributed by atoms with Crippen LogP contribution in [0.3, 0.4) is 0 Å². The van der Waals surface area contributed by atoms with Gasteiger partial charge in [0.1, 0.15) is 6.04 Å². The van der Waals surface area contributed by atoms with Crippen LogP contribution in [0.25, 0.3) is 10.2 Å². The second kappa shape index (κ2) is 7.31. The Kier molecular flexibility index (Phi) is 4.95. The molecule has 0 bridgehead atoms. The van der Waals surface area contributed by atoms with Crippen LogP contribution in [0.2, 0.25) is 0 Å². The number of urea groups is 1. The van der Waals surface area contributed by atoms with Gasteiger partial charge in [0, 0.05) is 12.7 Å². The molecule has 0 unspecified atom stereocenters. The number of hydrogen-bond donors (Lipinski definition) is 3. The van der Waals surface area contributed by atoms with Crippen LogP contribution in [0.5, 0.6) is 0 Å². The van der Waals surface area contributed by atoms with Crippen LogP contribution in [0.1, 0.15) is 16.6 Å². The number of nitrogens with one attached hydrogen (secondary N) is 3. The molecule has 6 nitrogen and oxygen atoms in total. The number of fused-ring (bicyclic) bond motifs is 1. The molecule has 0 saturated carbocycles. The van der Waals surface area contributed by atoms with Crippen molar-refractivity contribution >= 4 is 39.2 Å². The fourth-order valence-electron chi connectivity index (χ4n) is 2.49. The van der Waals surface area contributed by atoms with E-state index in [2.05, 4.69) is 20.9 Å². The molecule has 1 heterocycles.